The lowest BCUT2D eigenvalue weighted by atomic mass is 10.3. The van der Waals surface area contributed by atoms with Gasteiger partial charge < -0.3 is 10.2 Å². The van der Waals surface area contributed by atoms with Gasteiger partial charge in [-0.3, -0.25) is 4.99 Å². The van der Waals surface area contributed by atoms with E-state index in [0.29, 0.717) is 0 Å². The molecule has 1 aromatic heterocycles. The molecule has 1 rings (SSSR count). The lowest BCUT2D eigenvalue weighted by molar-refractivity contribution is 0.469. The second kappa shape index (κ2) is 7.27. The predicted molar refractivity (Wildman–Crippen MR) is 74.6 cm³/mol. The van der Waals surface area contributed by atoms with Crippen molar-refractivity contribution in [3.63, 3.8) is 0 Å². The summed E-state index contributed by atoms with van der Waals surface area (Å²) in [5.74, 6) is 0.934. The third kappa shape index (κ3) is 4.73. The van der Waals surface area contributed by atoms with E-state index < -0.39 is 0 Å². The first-order valence-electron chi connectivity index (χ1n) is 6.00. The summed E-state index contributed by atoms with van der Waals surface area (Å²) in [4.78, 5) is 10.8. The molecule has 17 heavy (non-hydrogen) atoms. The average molecular weight is 254 g/mol. The number of rotatable bonds is 5. The number of hydrogen-bond donors (Lipinski definition) is 1. The van der Waals surface area contributed by atoms with E-state index in [-0.39, 0.29) is 0 Å². The van der Waals surface area contributed by atoms with Crippen molar-refractivity contribution in [3.8, 4) is 0 Å². The molecule has 4 nitrogen and oxygen atoms in total. The Balaban J connectivity index is 2.46. The Hall–Kier alpha value is -1.10. The first-order chi connectivity index (χ1) is 8.17. The molecule has 0 unspecified atom stereocenters. The van der Waals surface area contributed by atoms with Crippen molar-refractivity contribution in [2.75, 3.05) is 20.6 Å². The van der Waals surface area contributed by atoms with Crippen molar-refractivity contribution in [2.45, 2.75) is 33.2 Å². The van der Waals surface area contributed by atoms with Crippen LogP contribution in [0.3, 0.4) is 0 Å². The van der Waals surface area contributed by atoms with Crippen LogP contribution in [0.25, 0.3) is 0 Å². The molecule has 5 heteroatoms. The molecule has 0 saturated carbocycles. The molecule has 0 spiro atoms. The average Bonchev–Trinajstić information content (AvgIpc) is 2.70. The van der Waals surface area contributed by atoms with E-state index >= 15 is 0 Å². The maximum Gasteiger partial charge on any atom is 0.193 e. The van der Waals surface area contributed by atoms with E-state index in [9.17, 15) is 0 Å². The number of thiazole rings is 1. The van der Waals surface area contributed by atoms with Crippen LogP contribution in [0, 0.1) is 6.92 Å². The van der Waals surface area contributed by atoms with Crippen LogP contribution in [-0.4, -0.2) is 36.5 Å². The summed E-state index contributed by atoms with van der Waals surface area (Å²) in [6.45, 7) is 5.99. The summed E-state index contributed by atoms with van der Waals surface area (Å²) >= 11 is 1.69. The van der Waals surface area contributed by atoms with Crippen LogP contribution >= 0.6 is 11.3 Å². The summed E-state index contributed by atoms with van der Waals surface area (Å²) in [5.41, 5.74) is 1.11. The Morgan fingerprint density at radius 1 is 1.59 bits per heavy atom. The van der Waals surface area contributed by atoms with Gasteiger partial charge in [-0.2, -0.15) is 0 Å². The Morgan fingerprint density at radius 2 is 2.35 bits per heavy atom. The molecule has 0 fully saturated rings. The second-order valence-corrected chi connectivity index (χ2v) is 5.10. The number of guanidine groups is 1. The van der Waals surface area contributed by atoms with Crippen molar-refractivity contribution in [1.82, 2.24) is 15.2 Å². The Morgan fingerprint density at radius 3 is 2.88 bits per heavy atom. The molecule has 1 aromatic rings. The zero-order valence-electron chi connectivity index (χ0n) is 11.2. The van der Waals surface area contributed by atoms with Gasteiger partial charge in [-0.1, -0.05) is 13.3 Å². The smallest absolute Gasteiger partial charge is 0.193 e. The van der Waals surface area contributed by atoms with Gasteiger partial charge in [0.25, 0.3) is 0 Å². The fourth-order valence-electron chi connectivity index (χ4n) is 1.56. The number of nitrogens with one attached hydrogen (secondary N) is 1. The summed E-state index contributed by atoms with van der Waals surface area (Å²) in [6, 6.07) is 0. The van der Waals surface area contributed by atoms with E-state index in [4.69, 9.17) is 0 Å². The Kier molecular flexibility index (Phi) is 5.97. The van der Waals surface area contributed by atoms with Gasteiger partial charge in [-0.05, 0) is 13.3 Å². The van der Waals surface area contributed by atoms with Crippen LogP contribution in [0.2, 0.25) is 0 Å². The summed E-state index contributed by atoms with van der Waals surface area (Å²) in [7, 11) is 3.85. The fraction of sp³-hybridized carbons (Fsp3) is 0.667. The number of nitrogens with zero attached hydrogens (tertiary/aromatic N) is 3. The van der Waals surface area contributed by atoms with Crippen molar-refractivity contribution < 1.29 is 0 Å². The van der Waals surface area contributed by atoms with Crippen LogP contribution in [-0.2, 0) is 6.54 Å². The highest BCUT2D eigenvalue weighted by atomic mass is 32.1. The summed E-state index contributed by atoms with van der Waals surface area (Å²) in [5, 5.41) is 6.56. The largest absolute Gasteiger partial charge is 0.356 e. The second-order valence-electron chi connectivity index (χ2n) is 4.04. The van der Waals surface area contributed by atoms with Crippen LogP contribution in [0.15, 0.2) is 10.4 Å². The lowest BCUT2D eigenvalue weighted by Gasteiger charge is -2.21. The number of hydrogen-bond acceptors (Lipinski definition) is 3. The maximum absolute atomic E-state index is 4.46. The number of unbranched alkanes of at least 4 members (excludes halogenated alkanes) is 1. The molecule has 0 aliphatic rings. The molecule has 96 valence electrons. The highest BCUT2D eigenvalue weighted by Crippen LogP contribution is 2.09. The minimum absolute atomic E-state index is 0.802. The normalized spacial score (nSPS) is 11.6. The Bertz CT molecular complexity index is 359. The van der Waals surface area contributed by atoms with Gasteiger partial charge in [-0.25, -0.2) is 4.98 Å². The molecule has 0 aromatic carbocycles. The first-order valence-corrected chi connectivity index (χ1v) is 6.88. The van der Waals surface area contributed by atoms with Crippen molar-refractivity contribution in [2.24, 2.45) is 4.99 Å². The highest BCUT2D eigenvalue weighted by Gasteiger charge is 2.07. The zero-order valence-corrected chi connectivity index (χ0v) is 12.0. The minimum Gasteiger partial charge on any atom is -0.356 e. The lowest BCUT2D eigenvalue weighted by Crippen LogP contribution is -2.38. The van der Waals surface area contributed by atoms with E-state index in [1.807, 2.05) is 21.0 Å². The van der Waals surface area contributed by atoms with Crippen molar-refractivity contribution in [3.05, 3.63) is 16.1 Å². The zero-order chi connectivity index (χ0) is 12.7. The van der Waals surface area contributed by atoms with Gasteiger partial charge in [0.1, 0.15) is 0 Å². The quantitative estimate of drug-likeness (QED) is 0.498. The standard InChI is InChI=1S/C12H22N4S/c1-5-6-7-14-12(13-3)16(4)8-11-9-17-10(2)15-11/h9H,5-8H2,1-4H3,(H,13,14). The third-order valence-corrected chi connectivity index (χ3v) is 3.27. The van der Waals surface area contributed by atoms with Crippen LogP contribution < -0.4 is 5.32 Å². The van der Waals surface area contributed by atoms with Gasteiger partial charge in [0.05, 0.1) is 17.2 Å². The first kappa shape index (κ1) is 14.0. The molecular weight excluding hydrogens is 232 g/mol. The molecule has 0 aliphatic carbocycles. The fourth-order valence-corrected chi connectivity index (χ4v) is 2.16. The Labute approximate surface area is 108 Å². The van der Waals surface area contributed by atoms with Gasteiger partial charge in [0.15, 0.2) is 5.96 Å². The number of aliphatic imine (C=N–C) groups is 1. The monoisotopic (exact) mass is 254 g/mol. The molecule has 0 amide bonds. The van der Waals surface area contributed by atoms with Gasteiger partial charge in [-0.15, -0.1) is 11.3 Å². The van der Waals surface area contributed by atoms with Crippen LogP contribution in [0.4, 0.5) is 0 Å². The molecule has 0 atom stereocenters. The van der Waals surface area contributed by atoms with Gasteiger partial charge in [0, 0.05) is 26.0 Å². The predicted octanol–water partition coefficient (Wildman–Crippen LogP) is 2.26. The van der Waals surface area contributed by atoms with E-state index in [2.05, 4.69) is 32.5 Å². The molecule has 0 aliphatic heterocycles. The third-order valence-electron chi connectivity index (χ3n) is 2.45. The van der Waals surface area contributed by atoms with E-state index in [0.717, 1.165) is 29.8 Å². The minimum atomic E-state index is 0.802. The van der Waals surface area contributed by atoms with Gasteiger partial charge in [0.2, 0.25) is 0 Å². The molecule has 1 heterocycles. The van der Waals surface area contributed by atoms with Gasteiger partial charge >= 0.3 is 0 Å². The molecule has 0 bridgehead atoms. The van der Waals surface area contributed by atoms with E-state index in [1.54, 1.807) is 11.3 Å². The highest BCUT2D eigenvalue weighted by molar-refractivity contribution is 7.09. The molecule has 0 saturated heterocycles. The van der Waals surface area contributed by atoms with Crippen LogP contribution in [0.5, 0.6) is 0 Å². The molecular formula is C12H22N4S. The topological polar surface area (TPSA) is 40.5 Å². The molecule has 0 radical (unpaired) electrons. The number of aromatic nitrogens is 1. The maximum atomic E-state index is 4.46. The summed E-state index contributed by atoms with van der Waals surface area (Å²) in [6.07, 6.45) is 2.36. The van der Waals surface area contributed by atoms with Crippen molar-refractivity contribution in [1.29, 1.82) is 0 Å². The van der Waals surface area contributed by atoms with Crippen molar-refractivity contribution >= 4 is 17.3 Å². The summed E-state index contributed by atoms with van der Waals surface area (Å²) < 4.78 is 0. The van der Waals surface area contributed by atoms with E-state index in [1.165, 1.54) is 12.8 Å². The number of aryl methyl sites for hydroxylation is 1. The SMILES string of the molecule is CCCCNC(=NC)N(C)Cc1csc(C)n1. The molecule has 1 N–H and O–H groups in total. The van der Waals surface area contributed by atoms with Crippen LogP contribution in [0.1, 0.15) is 30.5 Å².